The van der Waals surface area contributed by atoms with Gasteiger partial charge in [0.1, 0.15) is 6.33 Å². The molecule has 8 heteroatoms. The summed E-state index contributed by atoms with van der Waals surface area (Å²) in [4.78, 5) is 16.5. The van der Waals surface area contributed by atoms with Gasteiger partial charge >= 0.3 is 0 Å². The number of nitrogens with one attached hydrogen (secondary N) is 1. The second-order valence-electron chi connectivity index (χ2n) is 4.78. The van der Waals surface area contributed by atoms with Gasteiger partial charge in [-0.1, -0.05) is 0 Å². The standard InChI is InChI=1S/C11H15N7O/c1-11(2-5-19-6-11)17-9-14-8(12)15-10(16-9)18-4-3-13-7-18/h3-4,7H,2,5-6H2,1H3,(H3,12,14,15,16,17). The zero-order chi connectivity index (χ0) is 13.3. The molecule has 19 heavy (non-hydrogen) atoms. The van der Waals surface area contributed by atoms with E-state index in [4.69, 9.17) is 10.5 Å². The molecule has 1 fully saturated rings. The Kier molecular flexibility index (Phi) is 2.79. The topological polar surface area (TPSA) is 104 Å². The Hall–Kier alpha value is -2.22. The fraction of sp³-hybridized carbons (Fsp3) is 0.455. The lowest BCUT2D eigenvalue weighted by molar-refractivity contribution is 0.185. The average molecular weight is 261 g/mol. The van der Waals surface area contributed by atoms with Gasteiger partial charge in [0.2, 0.25) is 17.8 Å². The molecule has 3 heterocycles. The number of anilines is 2. The number of rotatable bonds is 3. The van der Waals surface area contributed by atoms with Gasteiger partial charge in [0.25, 0.3) is 0 Å². The molecule has 1 unspecified atom stereocenters. The Morgan fingerprint density at radius 3 is 3.00 bits per heavy atom. The quantitative estimate of drug-likeness (QED) is 0.815. The molecule has 1 aliphatic heterocycles. The maximum Gasteiger partial charge on any atom is 0.241 e. The zero-order valence-electron chi connectivity index (χ0n) is 10.6. The van der Waals surface area contributed by atoms with Crippen LogP contribution in [0.4, 0.5) is 11.9 Å². The Morgan fingerprint density at radius 2 is 2.32 bits per heavy atom. The van der Waals surface area contributed by atoms with Gasteiger partial charge < -0.3 is 15.8 Å². The van der Waals surface area contributed by atoms with Crippen LogP contribution in [0.2, 0.25) is 0 Å². The highest BCUT2D eigenvalue weighted by molar-refractivity contribution is 5.37. The highest BCUT2D eigenvalue weighted by Gasteiger charge is 2.30. The molecule has 8 nitrogen and oxygen atoms in total. The molecule has 3 N–H and O–H groups in total. The van der Waals surface area contributed by atoms with Crippen LogP contribution < -0.4 is 11.1 Å². The van der Waals surface area contributed by atoms with Crippen LogP contribution in [0, 0.1) is 0 Å². The maximum absolute atomic E-state index is 5.72. The molecule has 0 spiro atoms. The van der Waals surface area contributed by atoms with Crippen LogP contribution in [0.1, 0.15) is 13.3 Å². The molecule has 0 aliphatic carbocycles. The van der Waals surface area contributed by atoms with Gasteiger partial charge in [-0.15, -0.1) is 0 Å². The van der Waals surface area contributed by atoms with E-state index >= 15 is 0 Å². The van der Waals surface area contributed by atoms with Crippen LogP contribution >= 0.6 is 0 Å². The van der Waals surface area contributed by atoms with Crippen molar-refractivity contribution < 1.29 is 4.74 Å². The summed E-state index contributed by atoms with van der Waals surface area (Å²) in [6.45, 7) is 3.42. The van der Waals surface area contributed by atoms with E-state index in [9.17, 15) is 0 Å². The summed E-state index contributed by atoms with van der Waals surface area (Å²) < 4.78 is 7.06. The summed E-state index contributed by atoms with van der Waals surface area (Å²) in [5, 5.41) is 3.26. The predicted octanol–water partition coefficient (Wildman–Crippen LogP) is 0.230. The molecule has 3 rings (SSSR count). The number of hydrogen-bond acceptors (Lipinski definition) is 7. The first-order chi connectivity index (χ1) is 9.15. The lowest BCUT2D eigenvalue weighted by Gasteiger charge is -2.23. The van der Waals surface area contributed by atoms with E-state index in [2.05, 4.69) is 32.2 Å². The average Bonchev–Trinajstić information content (AvgIpc) is 2.99. The van der Waals surface area contributed by atoms with Crippen LogP contribution in [0.3, 0.4) is 0 Å². The largest absolute Gasteiger partial charge is 0.379 e. The lowest BCUT2D eigenvalue weighted by Crippen LogP contribution is -2.36. The molecule has 0 amide bonds. The Bertz CT molecular complexity index is 562. The maximum atomic E-state index is 5.72. The van der Waals surface area contributed by atoms with Gasteiger partial charge in [0, 0.05) is 19.0 Å². The first kappa shape index (κ1) is 11.8. The monoisotopic (exact) mass is 261 g/mol. The number of nitrogens with zero attached hydrogens (tertiary/aromatic N) is 5. The minimum absolute atomic E-state index is 0.167. The SMILES string of the molecule is CC1(Nc2nc(N)nc(-n3ccnc3)n2)CCOC1. The van der Waals surface area contributed by atoms with Crippen molar-refractivity contribution in [2.24, 2.45) is 0 Å². The summed E-state index contributed by atoms with van der Waals surface area (Å²) in [6, 6.07) is 0. The highest BCUT2D eigenvalue weighted by Crippen LogP contribution is 2.22. The molecule has 2 aromatic heterocycles. The number of aromatic nitrogens is 5. The number of hydrogen-bond donors (Lipinski definition) is 2. The predicted molar refractivity (Wildman–Crippen MR) is 68.8 cm³/mol. The van der Waals surface area contributed by atoms with Crippen molar-refractivity contribution in [2.45, 2.75) is 18.9 Å². The highest BCUT2D eigenvalue weighted by atomic mass is 16.5. The minimum Gasteiger partial charge on any atom is -0.379 e. The van der Waals surface area contributed by atoms with Crippen LogP contribution in [0.5, 0.6) is 0 Å². The van der Waals surface area contributed by atoms with Crippen molar-refractivity contribution in [1.29, 1.82) is 0 Å². The van der Waals surface area contributed by atoms with Crippen molar-refractivity contribution in [2.75, 3.05) is 24.3 Å². The third kappa shape index (κ3) is 2.48. The van der Waals surface area contributed by atoms with E-state index < -0.39 is 0 Å². The molecule has 0 saturated carbocycles. The number of nitrogen functional groups attached to an aromatic ring is 1. The Balaban J connectivity index is 1.90. The second kappa shape index (κ2) is 4.47. The van der Waals surface area contributed by atoms with Crippen LogP contribution in [-0.4, -0.2) is 43.3 Å². The summed E-state index contributed by atoms with van der Waals surface area (Å²) >= 11 is 0. The van der Waals surface area contributed by atoms with Crippen molar-refractivity contribution in [1.82, 2.24) is 24.5 Å². The van der Waals surface area contributed by atoms with Gasteiger partial charge in [0.15, 0.2) is 0 Å². The summed E-state index contributed by atoms with van der Waals surface area (Å²) in [7, 11) is 0. The molecule has 100 valence electrons. The van der Waals surface area contributed by atoms with E-state index in [0.29, 0.717) is 18.5 Å². The number of ether oxygens (including phenoxy) is 1. The molecular weight excluding hydrogens is 246 g/mol. The number of imidazole rings is 1. The lowest BCUT2D eigenvalue weighted by atomic mass is 10.0. The van der Waals surface area contributed by atoms with Gasteiger partial charge in [-0.2, -0.15) is 15.0 Å². The first-order valence-electron chi connectivity index (χ1n) is 6.00. The normalized spacial score (nSPS) is 22.6. The van der Waals surface area contributed by atoms with Crippen molar-refractivity contribution >= 4 is 11.9 Å². The van der Waals surface area contributed by atoms with Crippen molar-refractivity contribution in [3.05, 3.63) is 18.7 Å². The summed E-state index contributed by atoms with van der Waals surface area (Å²) in [5.41, 5.74) is 5.55. The van der Waals surface area contributed by atoms with Crippen LogP contribution in [-0.2, 0) is 4.74 Å². The van der Waals surface area contributed by atoms with E-state index in [1.165, 1.54) is 0 Å². The minimum atomic E-state index is -0.167. The molecule has 0 radical (unpaired) electrons. The van der Waals surface area contributed by atoms with E-state index in [1.807, 2.05) is 0 Å². The fourth-order valence-corrected chi connectivity index (χ4v) is 1.97. The van der Waals surface area contributed by atoms with Gasteiger partial charge in [-0.05, 0) is 13.3 Å². The van der Waals surface area contributed by atoms with Gasteiger partial charge in [-0.3, -0.25) is 4.57 Å². The third-order valence-corrected chi connectivity index (χ3v) is 3.01. The molecule has 0 aromatic carbocycles. The first-order valence-corrected chi connectivity index (χ1v) is 6.00. The molecule has 1 atom stereocenters. The van der Waals surface area contributed by atoms with Gasteiger partial charge in [-0.25, -0.2) is 4.98 Å². The Labute approximate surface area is 110 Å². The van der Waals surface area contributed by atoms with Gasteiger partial charge in [0.05, 0.1) is 12.1 Å². The number of nitrogens with two attached hydrogens (primary N) is 1. The zero-order valence-corrected chi connectivity index (χ0v) is 10.6. The van der Waals surface area contributed by atoms with E-state index in [0.717, 1.165) is 13.0 Å². The molecular formula is C11H15N7O. The molecule has 1 saturated heterocycles. The Morgan fingerprint density at radius 1 is 1.42 bits per heavy atom. The smallest absolute Gasteiger partial charge is 0.241 e. The van der Waals surface area contributed by atoms with Crippen LogP contribution in [0.25, 0.3) is 5.95 Å². The second-order valence-corrected chi connectivity index (χ2v) is 4.78. The molecule has 2 aromatic rings. The van der Waals surface area contributed by atoms with E-state index in [1.54, 1.807) is 23.3 Å². The fourth-order valence-electron chi connectivity index (χ4n) is 1.97. The van der Waals surface area contributed by atoms with Crippen LogP contribution in [0.15, 0.2) is 18.7 Å². The summed E-state index contributed by atoms with van der Waals surface area (Å²) in [6.07, 6.45) is 5.91. The van der Waals surface area contributed by atoms with Crippen molar-refractivity contribution in [3.8, 4) is 5.95 Å². The summed E-state index contributed by atoms with van der Waals surface area (Å²) in [5.74, 6) is 1.06. The van der Waals surface area contributed by atoms with E-state index in [-0.39, 0.29) is 11.5 Å². The molecule has 0 bridgehead atoms. The molecule has 1 aliphatic rings. The third-order valence-electron chi connectivity index (χ3n) is 3.01. The van der Waals surface area contributed by atoms with Crippen molar-refractivity contribution in [3.63, 3.8) is 0 Å².